The molecule has 0 aliphatic rings. The van der Waals surface area contributed by atoms with Gasteiger partial charge in [-0.2, -0.15) is 0 Å². The summed E-state index contributed by atoms with van der Waals surface area (Å²) >= 11 is 0. The van der Waals surface area contributed by atoms with Gasteiger partial charge in [0.1, 0.15) is 19.0 Å². The topological polar surface area (TPSA) is 82.1 Å². The zero-order valence-corrected chi connectivity index (χ0v) is 32.6. The summed E-state index contributed by atoms with van der Waals surface area (Å²) < 4.78 is 17.4. The van der Waals surface area contributed by atoms with Crippen molar-refractivity contribution in [1.29, 1.82) is 0 Å². The third-order valence-corrected chi connectivity index (χ3v) is 12.8. The predicted octanol–water partition coefficient (Wildman–Crippen LogP) is 10.2. The summed E-state index contributed by atoms with van der Waals surface area (Å²) in [5.74, 6) is -0.504. The molecule has 0 saturated carbocycles. The molecule has 0 aliphatic heterocycles. The molecule has 4 rings (SSSR count). The van der Waals surface area contributed by atoms with Crippen molar-refractivity contribution in [3.05, 3.63) is 120 Å². The van der Waals surface area contributed by atoms with Gasteiger partial charge < -0.3 is 19.3 Å². The maximum atomic E-state index is 12.4. The molecule has 0 unspecified atom stereocenters. The molecular formula is C45H54O6Si. The molecule has 4 aromatic carbocycles. The fourth-order valence-corrected chi connectivity index (χ4v) is 8.60. The van der Waals surface area contributed by atoms with Crippen LogP contribution in [0.25, 0.3) is 33.4 Å². The quantitative estimate of drug-likeness (QED) is 0.0450. The molecule has 0 saturated heterocycles. The lowest BCUT2D eigenvalue weighted by Crippen LogP contribution is -2.40. The largest absolute Gasteiger partial charge is 0.493 e. The summed E-state index contributed by atoms with van der Waals surface area (Å²) in [6.45, 7) is 18.2. The third-order valence-electron chi connectivity index (χ3n) is 9.30. The van der Waals surface area contributed by atoms with Crippen LogP contribution in [0.5, 0.6) is 5.75 Å². The Labute approximate surface area is 311 Å². The number of esters is 2. The summed E-state index contributed by atoms with van der Waals surface area (Å²) in [5.41, 5.74) is 8.31. The summed E-state index contributed by atoms with van der Waals surface area (Å²) in [4.78, 5) is 24.8. The summed E-state index contributed by atoms with van der Waals surface area (Å²) in [6, 6.07) is 31.4. The third kappa shape index (κ3) is 11.1. The van der Waals surface area contributed by atoms with Gasteiger partial charge in [0, 0.05) is 28.9 Å². The predicted molar refractivity (Wildman–Crippen MR) is 215 cm³/mol. The van der Waals surface area contributed by atoms with E-state index in [1.807, 2.05) is 12.1 Å². The number of hydrogen-bond acceptors (Lipinski definition) is 6. The Kier molecular flexibility index (Phi) is 14.8. The van der Waals surface area contributed by atoms with E-state index in [-0.39, 0.29) is 19.8 Å². The molecule has 7 heteroatoms. The number of unbranched alkanes of at least 4 members (excludes halogenated alkanes) is 3. The van der Waals surface area contributed by atoms with E-state index in [4.69, 9.17) is 14.2 Å². The van der Waals surface area contributed by atoms with E-state index >= 15 is 0 Å². The second-order valence-electron chi connectivity index (χ2n) is 14.2. The van der Waals surface area contributed by atoms with Crippen LogP contribution in [0, 0.1) is 0 Å². The van der Waals surface area contributed by atoms with Crippen molar-refractivity contribution in [2.24, 2.45) is 0 Å². The molecule has 0 spiro atoms. The first-order chi connectivity index (χ1) is 24.9. The fraction of sp³-hybridized carbons (Fsp3) is 0.333. The van der Waals surface area contributed by atoms with E-state index in [0.29, 0.717) is 41.1 Å². The lowest BCUT2D eigenvalue weighted by atomic mass is 9.96. The van der Waals surface area contributed by atoms with E-state index in [2.05, 4.69) is 106 Å². The van der Waals surface area contributed by atoms with Crippen molar-refractivity contribution in [3.8, 4) is 39.1 Å². The van der Waals surface area contributed by atoms with Gasteiger partial charge in [-0.15, -0.1) is 0 Å². The van der Waals surface area contributed by atoms with Crippen LogP contribution >= 0.6 is 0 Å². The molecule has 0 heterocycles. The maximum absolute atomic E-state index is 12.4. The van der Waals surface area contributed by atoms with Crippen LogP contribution in [0.2, 0.25) is 19.1 Å². The molecule has 52 heavy (non-hydrogen) atoms. The summed E-state index contributed by atoms with van der Waals surface area (Å²) in [6.07, 6.45) is 4.74. The van der Waals surface area contributed by atoms with Gasteiger partial charge in [-0.05, 0) is 78.6 Å². The van der Waals surface area contributed by atoms with E-state index < -0.39 is 20.0 Å². The fourth-order valence-electron chi connectivity index (χ4n) is 6.01. The second-order valence-corrected chi connectivity index (χ2v) is 19.0. The van der Waals surface area contributed by atoms with Gasteiger partial charge in [-0.3, -0.25) is 0 Å². The van der Waals surface area contributed by atoms with Crippen LogP contribution in [-0.4, -0.2) is 38.3 Å². The van der Waals surface area contributed by atoms with Crippen molar-refractivity contribution < 1.29 is 28.9 Å². The normalized spacial score (nSPS) is 11.2. The van der Waals surface area contributed by atoms with Crippen LogP contribution in [0.15, 0.2) is 109 Å². The average Bonchev–Trinajstić information content (AvgIpc) is 3.15. The first-order valence-corrected chi connectivity index (χ1v) is 21.5. The minimum atomic E-state index is -1.41. The van der Waals surface area contributed by atoms with Crippen LogP contribution in [0.3, 0.4) is 0 Å². The highest BCUT2D eigenvalue weighted by Gasteiger charge is 2.22. The molecule has 0 radical (unpaired) electrons. The maximum Gasteiger partial charge on any atom is 0.333 e. The molecule has 1 N–H and O–H groups in total. The Bertz CT molecular complexity index is 1770. The summed E-state index contributed by atoms with van der Waals surface area (Å²) in [5, 5.41) is 10.7. The number of rotatable bonds is 19. The van der Waals surface area contributed by atoms with Gasteiger partial charge in [-0.25, -0.2) is 9.59 Å². The SMILES string of the molecule is C=C(C)C(=O)OCc1cc(-c2ccc(-c3ccc(-c4ccc([Si](C)(C)CCCC)cc4)cc3)cc2)cc(COC(=O)C(=C)C)c1OCCCCCO. The molecule has 0 atom stereocenters. The number of hydrogen-bond donors (Lipinski definition) is 1. The van der Waals surface area contributed by atoms with E-state index in [9.17, 15) is 14.7 Å². The Morgan fingerprint density at radius 3 is 1.46 bits per heavy atom. The average molecular weight is 719 g/mol. The van der Waals surface area contributed by atoms with E-state index in [0.717, 1.165) is 35.1 Å². The standard InChI is InChI=1S/C45H54O6Si/c1-8-9-27-52(6,7)42-23-21-37(22-24-42)36-15-13-34(14-16-36)35-17-19-38(20-18-35)39-28-40(30-50-44(47)32(2)3)43(49-26-12-10-11-25-46)41(29-39)31-51-45(48)33(4)5/h13-24,28-29,46H,2,4,8-12,25-27,30-31H2,1,3,5-7H3. The minimum absolute atomic E-state index is 0.0430. The van der Waals surface area contributed by atoms with Crippen molar-refractivity contribution in [2.75, 3.05) is 13.2 Å². The Morgan fingerprint density at radius 1 is 0.635 bits per heavy atom. The van der Waals surface area contributed by atoms with Gasteiger partial charge >= 0.3 is 11.9 Å². The Morgan fingerprint density at radius 2 is 1.06 bits per heavy atom. The molecule has 274 valence electrons. The second kappa shape index (κ2) is 19.2. The van der Waals surface area contributed by atoms with E-state index in [1.54, 1.807) is 13.8 Å². The number of benzene rings is 4. The van der Waals surface area contributed by atoms with Crippen molar-refractivity contribution >= 4 is 25.2 Å². The van der Waals surface area contributed by atoms with Crippen LogP contribution in [-0.2, 0) is 32.3 Å². The number of aliphatic hydroxyl groups is 1. The zero-order chi connectivity index (χ0) is 37.7. The van der Waals surface area contributed by atoms with Gasteiger partial charge in [0.25, 0.3) is 0 Å². The first-order valence-electron chi connectivity index (χ1n) is 18.3. The Balaban J connectivity index is 1.60. The monoisotopic (exact) mass is 718 g/mol. The number of ether oxygens (including phenoxy) is 3. The molecule has 4 aromatic rings. The summed E-state index contributed by atoms with van der Waals surface area (Å²) in [7, 11) is -1.41. The zero-order valence-electron chi connectivity index (χ0n) is 31.6. The van der Waals surface area contributed by atoms with Gasteiger partial charge in [0.2, 0.25) is 0 Å². The molecular weight excluding hydrogens is 665 g/mol. The van der Waals surface area contributed by atoms with Crippen molar-refractivity contribution in [1.82, 2.24) is 0 Å². The first kappa shape index (κ1) is 40.1. The van der Waals surface area contributed by atoms with Gasteiger partial charge in [0.05, 0.1) is 14.7 Å². The molecule has 0 aliphatic carbocycles. The number of carbonyl (C=O) groups excluding carboxylic acids is 2. The van der Waals surface area contributed by atoms with Gasteiger partial charge in [-0.1, -0.05) is 130 Å². The number of carbonyl (C=O) groups is 2. The van der Waals surface area contributed by atoms with Crippen LogP contribution in [0.1, 0.15) is 64.0 Å². The minimum Gasteiger partial charge on any atom is -0.493 e. The lowest BCUT2D eigenvalue weighted by molar-refractivity contribution is -0.140. The number of aliphatic hydroxyl groups excluding tert-OH is 1. The van der Waals surface area contributed by atoms with Gasteiger partial charge in [0.15, 0.2) is 0 Å². The van der Waals surface area contributed by atoms with E-state index in [1.165, 1.54) is 35.2 Å². The molecule has 0 fully saturated rings. The highest BCUT2D eigenvalue weighted by molar-refractivity contribution is 6.89. The van der Waals surface area contributed by atoms with Crippen LogP contribution < -0.4 is 9.92 Å². The molecule has 0 aromatic heterocycles. The van der Waals surface area contributed by atoms with Crippen molar-refractivity contribution in [2.45, 2.75) is 85.2 Å². The molecule has 6 nitrogen and oxygen atoms in total. The van der Waals surface area contributed by atoms with Crippen LogP contribution in [0.4, 0.5) is 0 Å². The highest BCUT2D eigenvalue weighted by Crippen LogP contribution is 2.34. The Hall–Kier alpha value is -4.72. The smallest absolute Gasteiger partial charge is 0.333 e. The molecule has 0 amide bonds. The van der Waals surface area contributed by atoms with Crippen molar-refractivity contribution in [3.63, 3.8) is 0 Å². The molecule has 0 bridgehead atoms. The lowest BCUT2D eigenvalue weighted by Gasteiger charge is -2.23. The highest BCUT2D eigenvalue weighted by atomic mass is 28.3.